The van der Waals surface area contributed by atoms with E-state index in [1.54, 1.807) is 13.2 Å². The number of para-hydroxylation sites is 1. The Kier molecular flexibility index (Phi) is 6.06. The van der Waals surface area contributed by atoms with Crippen LogP contribution >= 0.6 is 0 Å². The maximum absolute atomic E-state index is 5.08. The number of benzene rings is 1. The Morgan fingerprint density at radius 2 is 2.27 bits per heavy atom. The molecular weight excluding hydrogens is 135 g/mol. The molecule has 1 aromatic carbocycles. The van der Waals surface area contributed by atoms with Gasteiger partial charge in [0.15, 0.2) is 6.79 Å². The van der Waals surface area contributed by atoms with Gasteiger partial charge in [0.05, 0.1) is 0 Å². The van der Waals surface area contributed by atoms with Gasteiger partial charge >= 0.3 is 18.9 Å². The summed E-state index contributed by atoms with van der Waals surface area (Å²) in [6, 6.07) is 10.3. The molecule has 0 saturated heterocycles. The average Bonchev–Trinajstić information content (AvgIpc) is 2.03. The van der Waals surface area contributed by atoms with E-state index in [9.17, 15) is 0 Å². The molecule has 0 atom stereocenters. The van der Waals surface area contributed by atoms with E-state index in [0.29, 0.717) is 5.75 Å². The SMILES string of the molecule is COCOc1[c-]cccc1.[Li+]. The fourth-order valence-electron chi connectivity index (χ4n) is 0.589. The molecule has 0 aliphatic carbocycles. The second kappa shape index (κ2) is 6.30. The van der Waals surface area contributed by atoms with Crippen LogP contribution in [0.1, 0.15) is 0 Å². The zero-order valence-electron chi connectivity index (χ0n) is 6.83. The molecule has 2 nitrogen and oxygen atoms in total. The second-order valence-electron chi connectivity index (χ2n) is 1.78. The first-order valence-electron chi connectivity index (χ1n) is 3.02. The van der Waals surface area contributed by atoms with E-state index < -0.39 is 0 Å². The van der Waals surface area contributed by atoms with Crippen molar-refractivity contribution in [2.45, 2.75) is 0 Å². The first-order valence-corrected chi connectivity index (χ1v) is 3.02. The Morgan fingerprint density at radius 3 is 2.82 bits per heavy atom. The zero-order valence-corrected chi connectivity index (χ0v) is 6.83. The van der Waals surface area contributed by atoms with Gasteiger partial charge in [0.2, 0.25) is 0 Å². The molecule has 0 saturated carbocycles. The molecule has 11 heavy (non-hydrogen) atoms. The third-order valence-electron chi connectivity index (χ3n) is 1.01. The summed E-state index contributed by atoms with van der Waals surface area (Å²) in [6.07, 6.45) is 0. The first kappa shape index (κ1) is 10.6. The fourth-order valence-corrected chi connectivity index (χ4v) is 0.589. The summed E-state index contributed by atoms with van der Waals surface area (Å²) in [7, 11) is 1.59. The van der Waals surface area contributed by atoms with E-state index in [-0.39, 0.29) is 25.7 Å². The minimum absolute atomic E-state index is 0. The van der Waals surface area contributed by atoms with Crippen molar-refractivity contribution in [1.82, 2.24) is 0 Å². The fraction of sp³-hybridized carbons (Fsp3) is 0.250. The van der Waals surface area contributed by atoms with Crippen LogP contribution in [0.15, 0.2) is 24.3 Å². The summed E-state index contributed by atoms with van der Waals surface area (Å²) in [6.45, 7) is 0.278. The summed E-state index contributed by atoms with van der Waals surface area (Å²) < 4.78 is 9.78. The first-order chi connectivity index (χ1) is 4.93. The summed E-state index contributed by atoms with van der Waals surface area (Å²) >= 11 is 0. The molecule has 0 radical (unpaired) electrons. The van der Waals surface area contributed by atoms with Crippen molar-refractivity contribution in [1.29, 1.82) is 0 Å². The van der Waals surface area contributed by atoms with Gasteiger partial charge in [0.25, 0.3) is 0 Å². The molecule has 0 N–H and O–H groups in total. The topological polar surface area (TPSA) is 18.5 Å². The number of hydrogen-bond donors (Lipinski definition) is 0. The Balaban J connectivity index is 0.000001000. The van der Waals surface area contributed by atoms with Crippen LogP contribution in [0.25, 0.3) is 0 Å². The smallest absolute Gasteiger partial charge is 0.493 e. The van der Waals surface area contributed by atoms with E-state index in [4.69, 9.17) is 9.47 Å². The average molecular weight is 144 g/mol. The molecule has 0 aliphatic rings. The Labute approximate surface area is 78.7 Å². The van der Waals surface area contributed by atoms with Gasteiger partial charge in [-0.3, -0.25) is 0 Å². The largest absolute Gasteiger partial charge is 1.00 e. The molecule has 3 heteroatoms. The number of hydrogen-bond acceptors (Lipinski definition) is 2. The van der Waals surface area contributed by atoms with Crippen molar-refractivity contribution >= 4 is 0 Å². The quantitative estimate of drug-likeness (QED) is 0.291. The second-order valence-corrected chi connectivity index (χ2v) is 1.78. The van der Waals surface area contributed by atoms with Crippen molar-refractivity contribution < 1.29 is 28.3 Å². The molecule has 0 heterocycles. The Hall–Kier alpha value is -0.423. The van der Waals surface area contributed by atoms with Crippen molar-refractivity contribution in [2.75, 3.05) is 13.9 Å². The Bertz CT molecular complexity index is 177. The molecule has 0 unspecified atom stereocenters. The van der Waals surface area contributed by atoms with Crippen LogP contribution < -0.4 is 23.6 Å². The van der Waals surface area contributed by atoms with Gasteiger partial charge in [-0.25, -0.2) is 0 Å². The zero-order chi connectivity index (χ0) is 7.23. The molecule has 0 fully saturated rings. The summed E-state index contributed by atoms with van der Waals surface area (Å²) in [4.78, 5) is 0. The molecule has 54 valence electrons. The van der Waals surface area contributed by atoms with Crippen molar-refractivity contribution in [3.8, 4) is 5.75 Å². The molecule has 0 amide bonds. The van der Waals surface area contributed by atoms with E-state index in [1.807, 2.05) is 18.2 Å². The third kappa shape index (κ3) is 4.10. The Morgan fingerprint density at radius 1 is 1.45 bits per heavy atom. The van der Waals surface area contributed by atoms with Crippen LogP contribution in [0.3, 0.4) is 0 Å². The molecule has 1 aromatic rings. The maximum Gasteiger partial charge on any atom is 1.00 e. The molecule has 0 bridgehead atoms. The van der Waals surface area contributed by atoms with Gasteiger partial charge in [0.1, 0.15) is 0 Å². The van der Waals surface area contributed by atoms with Crippen molar-refractivity contribution in [3.63, 3.8) is 0 Å². The van der Waals surface area contributed by atoms with Crippen LogP contribution in [0, 0.1) is 6.07 Å². The van der Waals surface area contributed by atoms with Crippen LogP contribution in [-0.2, 0) is 4.74 Å². The van der Waals surface area contributed by atoms with Crippen LogP contribution in [0.5, 0.6) is 5.75 Å². The molecule has 0 aromatic heterocycles. The van der Waals surface area contributed by atoms with Crippen LogP contribution in [0.2, 0.25) is 0 Å². The standard InChI is InChI=1S/C8H9O2.Li/c1-9-7-10-8-5-3-2-4-6-8;/h2-5H,7H2,1H3;/q-1;+1. The summed E-state index contributed by atoms with van der Waals surface area (Å²) in [5.41, 5.74) is 0. The van der Waals surface area contributed by atoms with Crippen LogP contribution in [-0.4, -0.2) is 13.9 Å². The van der Waals surface area contributed by atoms with Gasteiger partial charge < -0.3 is 9.47 Å². The van der Waals surface area contributed by atoms with Gasteiger partial charge in [-0.2, -0.15) is 18.2 Å². The monoisotopic (exact) mass is 144 g/mol. The minimum atomic E-state index is 0. The number of methoxy groups -OCH3 is 1. The molecule has 0 spiro atoms. The van der Waals surface area contributed by atoms with Gasteiger partial charge in [-0.15, -0.1) is 12.1 Å². The van der Waals surface area contributed by atoms with E-state index in [1.165, 1.54) is 0 Å². The number of rotatable bonds is 3. The number of ether oxygens (including phenoxy) is 2. The van der Waals surface area contributed by atoms with Crippen molar-refractivity contribution in [2.24, 2.45) is 0 Å². The van der Waals surface area contributed by atoms with E-state index in [2.05, 4.69) is 6.07 Å². The predicted molar refractivity (Wildman–Crippen MR) is 37.8 cm³/mol. The summed E-state index contributed by atoms with van der Waals surface area (Å²) in [5, 5.41) is 0. The molecular formula is C8H9LiO2. The van der Waals surface area contributed by atoms with Crippen molar-refractivity contribution in [3.05, 3.63) is 30.3 Å². The van der Waals surface area contributed by atoms with Crippen LogP contribution in [0.4, 0.5) is 0 Å². The minimum Gasteiger partial charge on any atom is -0.493 e. The van der Waals surface area contributed by atoms with Gasteiger partial charge in [-0.1, -0.05) is 0 Å². The predicted octanol–water partition coefficient (Wildman–Crippen LogP) is -1.53. The third-order valence-corrected chi connectivity index (χ3v) is 1.01. The van der Waals surface area contributed by atoms with Gasteiger partial charge in [-0.05, 0) is 0 Å². The molecule has 0 aliphatic heterocycles. The normalized spacial score (nSPS) is 8.45. The summed E-state index contributed by atoms with van der Waals surface area (Å²) in [5.74, 6) is 0.712. The van der Waals surface area contributed by atoms with E-state index in [0.717, 1.165) is 0 Å². The molecule has 1 rings (SSSR count). The van der Waals surface area contributed by atoms with Gasteiger partial charge in [0, 0.05) is 12.9 Å². The maximum atomic E-state index is 5.08. The van der Waals surface area contributed by atoms with E-state index >= 15 is 0 Å².